The maximum absolute atomic E-state index is 12.7. The number of nitrogens with one attached hydrogen (secondary N) is 1. The third-order valence-corrected chi connectivity index (χ3v) is 7.04. The van der Waals surface area contributed by atoms with Crippen LogP contribution < -0.4 is 10.1 Å². The van der Waals surface area contributed by atoms with E-state index < -0.39 is 10.0 Å². The zero-order valence-electron chi connectivity index (χ0n) is 17.5. The number of hydrogen-bond donors (Lipinski definition) is 1. The molecule has 0 radical (unpaired) electrons. The average Bonchev–Trinajstić information content (AvgIpc) is 2.74. The van der Waals surface area contributed by atoms with Crippen LogP contribution in [0.15, 0.2) is 53.4 Å². The van der Waals surface area contributed by atoms with Crippen molar-refractivity contribution in [1.29, 1.82) is 0 Å². The molecule has 1 heterocycles. The van der Waals surface area contributed by atoms with E-state index in [0.717, 1.165) is 30.0 Å². The van der Waals surface area contributed by atoms with E-state index in [1.165, 1.54) is 4.31 Å². The fourth-order valence-corrected chi connectivity index (χ4v) is 4.56. The van der Waals surface area contributed by atoms with Crippen LogP contribution in [-0.2, 0) is 21.4 Å². The van der Waals surface area contributed by atoms with Gasteiger partial charge in [-0.15, -0.1) is 0 Å². The number of sulfonamides is 1. The molecule has 0 aliphatic carbocycles. The van der Waals surface area contributed by atoms with E-state index in [1.54, 1.807) is 24.3 Å². The highest BCUT2D eigenvalue weighted by molar-refractivity contribution is 7.89. The van der Waals surface area contributed by atoms with Crippen molar-refractivity contribution in [3.05, 3.63) is 59.7 Å². The molecule has 1 aliphatic rings. The second kappa shape index (κ2) is 10.1. The highest BCUT2D eigenvalue weighted by Gasteiger charge is 2.27. The van der Waals surface area contributed by atoms with E-state index in [1.807, 2.05) is 38.2 Å². The second-order valence-electron chi connectivity index (χ2n) is 7.54. The zero-order chi connectivity index (χ0) is 21.6. The lowest BCUT2D eigenvalue weighted by Gasteiger charge is -2.31. The van der Waals surface area contributed by atoms with E-state index in [4.69, 9.17) is 4.74 Å². The molecule has 0 aromatic heterocycles. The van der Waals surface area contributed by atoms with Gasteiger partial charge in [-0.1, -0.05) is 29.8 Å². The van der Waals surface area contributed by atoms with Crippen molar-refractivity contribution in [1.82, 2.24) is 14.5 Å². The third-order valence-electron chi connectivity index (χ3n) is 5.13. The topological polar surface area (TPSA) is 78.9 Å². The normalized spacial score (nSPS) is 15.7. The third kappa shape index (κ3) is 6.04. The Balaban J connectivity index is 1.44. The van der Waals surface area contributed by atoms with Crippen LogP contribution in [-0.4, -0.2) is 63.4 Å². The smallest absolute Gasteiger partial charge is 0.243 e. The van der Waals surface area contributed by atoms with Gasteiger partial charge in [0.25, 0.3) is 0 Å². The average molecular weight is 432 g/mol. The number of nitrogens with zero attached hydrogens (tertiary/aromatic N) is 2. The predicted octanol–water partition coefficient (Wildman–Crippen LogP) is 2.02. The molecule has 1 saturated heterocycles. The van der Waals surface area contributed by atoms with Crippen LogP contribution in [0.3, 0.4) is 0 Å². The SMILES string of the molecule is Cc1ccc(OCCC(=O)NCc2ccc(S(=O)(=O)N3CCN(C)CC3)cc2)cc1. The summed E-state index contributed by atoms with van der Waals surface area (Å²) in [5, 5.41) is 2.84. The van der Waals surface area contributed by atoms with Gasteiger partial charge >= 0.3 is 0 Å². The van der Waals surface area contributed by atoms with Gasteiger partial charge in [0.05, 0.1) is 17.9 Å². The fraction of sp³-hybridized carbons (Fsp3) is 0.409. The first-order chi connectivity index (χ1) is 14.3. The molecule has 30 heavy (non-hydrogen) atoms. The molecule has 0 bridgehead atoms. The van der Waals surface area contributed by atoms with Crippen LogP contribution in [0.4, 0.5) is 0 Å². The summed E-state index contributed by atoms with van der Waals surface area (Å²) in [6.07, 6.45) is 0.254. The lowest BCUT2D eigenvalue weighted by atomic mass is 10.2. The van der Waals surface area contributed by atoms with Crippen molar-refractivity contribution in [2.45, 2.75) is 24.8 Å². The van der Waals surface area contributed by atoms with Gasteiger partial charge in [0.1, 0.15) is 5.75 Å². The lowest BCUT2D eigenvalue weighted by molar-refractivity contribution is -0.121. The largest absolute Gasteiger partial charge is 0.493 e. The van der Waals surface area contributed by atoms with Crippen molar-refractivity contribution in [2.75, 3.05) is 39.8 Å². The number of carbonyl (C=O) groups is 1. The molecule has 2 aromatic rings. The summed E-state index contributed by atoms with van der Waals surface area (Å²) < 4.78 is 32.6. The molecule has 1 amide bonds. The second-order valence-corrected chi connectivity index (χ2v) is 9.48. The van der Waals surface area contributed by atoms with Gasteiger partial charge in [-0.05, 0) is 43.8 Å². The maximum atomic E-state index is 12.7. The van der Waals surface area contributed by atoms with Crippen molar-refractivity contribution in [2.24, 2.45) is 0 Å². The monoisotopic (exact) mass is 431 g/mol. The minimum atomic E-state index is -3.47. The number of benzene rings is 2. The summed E-state index contributed by atoms with van der Waals surface area (Å²) in [6, 6.07) is 14.4. The molecule has 2 aromatic carbocycles. The number of aryl methyl sites for hydroxylation is 1. The first kappa shape index (κ1) is 22.3. The highest BCUT2D eigenvalue weighted by Crippen LogP contribution is 2.18. The van der Waals surface area contributed by atoms with E-state index >= 15 is 0 Å². The minimum Gasteiger partial charge on any atom is -0.493 e. The quantitative estimate of drug-likeness (QED) is 0.692. The first-order valence-electron chi connectivity index (χ1n) is 10.1. The van der Waals surface area contributed by atoms with Crippen molar-refractivity contribution in [3.8, 4) is 5.75 Å². The molecular weight excluding hydrogens is 402 g/mol. The molecule has 3 rings (SSSR count). The summed E-state index contributed by atoms with van der Waals surface area (Å²) in [5.41, 5.74) is 2.00. The molecule has 0 atom stereocenters. The Labute approximate surface area is 178 Å². The summed E-state index contributed by atoms with van der Waals surface area (Å²) in [7, 11) is -1.48. The highest BCUT2D eigenvalue weighted by atomic mass is 32.2. The zero-order valence-corrected chi connectivity index (χ0v) is 18.3. The summed E-state index contributed by atoms with van der Waals surface area (Å²) >= 11 is 0. The van der Waals surface area contributed by atoms with Gasteiger partial charge in [-0.3, -0.25) is 4.79 Å². The van der Waals surface area contributed by atoms with Gasteiger partial charge in [-0.2, -0.15) is 4.31 Å². The number of piperazine rings is 1. The van der Waals surface area contributed by atoms with Crippen molar-refractivity contribution in [3.63, 3.8) is 0 Å². The number of likely N-dealkylation sites (N-methyl/N-ethyl adjacent to an activating group) is 1. The van der Waals surface area contributed by atoms with Crippen molar-refractivity contribution < 1.29 is 17.9 Å². The fourth-order valence-electron chi connectivity index (χ4n) is 3.14. The number of carbonyl (C=O) groups excluding carboxylic acids is 1. The molecule has 8 heteroatoms. The molecular formula is C22H29N3O4S. The number of ether oxygens (including phenoxy) is 1. The Morgan fingerprint density at radius 2 is 1.63 bits per heavy atom. The van der Waals surface area contributed by atoms with Gasteiger partial charge < -0.3 is 15.0 Å². The standard InChI is InChI=1S/C22H29N3O4S/c1-18-3-7-20(8-4-18)29-16-11-22(26)23-17-19-5-9-21(10-6-19)30(27,28)25-14-12-24(2)13-15-25/h3-10H,11-17H2,1-2H3,(H,23,26). The summed E-state index contributed by atoms with van der Waals surface area (Å²) in [4.78, 5) is 14.4. The Kier molecular flexibility index (Phi) is 7.47. The van der Waals surface area contributed by atoms with Crippen molar-refractivity contribution >= 4 is 15.9 Å². The molecule has 0 unspecified atom stereocenters. The Morgan fingerprint density at radius 1 is 1.00 bits per heavy atom. The van der Waals surface area contributed by atoms with Crippen LogP contribution in [0.1, 0.15) is 17.5 Å². The molecule has 0 spiro atoms. The molecule has 1 N–H and O–H groups in total. The maximum Gasteiger partial charge on any atom is 0.243 e. The molecule has 7 nitrogen and oxygen atoms in total. The van der Waals surface area contributed by atoms with Gasteiger partial charge in [-0.25, -0.2) is 8.42 Å². The summed E-state index contributed by atoms with van der Waals surface area (Å²) in [5.74, 6) is 0.627. The lowest BCUT2D eigenvalue weighted by Crippen LogP contribution is -2.47. The Morgan fingerprint density at radius 3 is 2.27 bits per heavy atom. The number of rotatable bonds is 8. The van der Waals surface area contributed by atoms with Gasteiger partial charge in [0.15, 0.2) is 0 Å². The van der Waals surface area contributed by atoms with Crippen LogP contribution in [0.5, 0.6) is 5.75 Å². The van der Waals surface area contributed by atoms with Crippen LogP contribution >= 0.6 is 0 Å². The van der Waals surface area contributed by atoms with E-state index in [9.17, 15) is 13.2 Å². The van der Waals surface area contributed by atoms with Gasteiger partial charge in [0, 0.05) is 32.7 Å². The molecule has 162 valence electrons. The van der Waals surface area contributed by atoms with Crippen LogP contribution in [0, 0.1) is 6.92 Å². The van der Waals surface area contributed by atoms with E-state index in [2.05, 4.69) is 10.2 Å². The number of amides is 1. The Bertz CT molecular complexity index is 935. The van der Waals surface area contributed by atoms with Gasteiger partial charge in [0.2, 0.25) is 15.9 Å². The molecule has 0 saturated carbocycles. The van der Waals surface area contributed by atoms with E-state index in [0.29, 0.717) is 26.2 Å². The van der Waals surface area contributed by atoms with E-state index in [-0.39, 0.29) is 17.2 Å². The van der Waals surface area contributed by atoms with Crippen LogP contribution in [0.25, 0.3) is 0 Å². The van der Waals surface area contributed by atoms with Crippen LogP contribution in [0.2, 0.25) is 0 Å². The number of hydrogen-bond acceptors (Lipinski definition) is 5. The first-order valence-corrected chi connectivity index (χ1v) is 11.5. The summed E-state index contributed by atoms with van der Waals surface area (Å²) in [6.45, 7) is 5.12. The molecule has 1 aliphatic heterocycles. The predicted molar refractivity (Wildman–Crippen MR) is 116 cm³/mol. The Hall–Kier alpha value is -2.42. The molecule has 1 fully saturated rings. The minimum absolute atomic E-state index is 0.115.